The van der Waals surface area contributed by atoms with Crippen molar-refractivity contribution in [1.82, 2.24) is 4.98 Å². The van der Waals surface area contributed by atoms with E-state index in [1.165, 1.54) is 5.56 Å². The SMILES string of the molecule is Cc1ccc2[nH]c(C(=O)c3ccc4occc4c3)cc2c1. The Labute approximate surface area is 121 Å². The Hall–Kier alpha value is -2.81. The molecule has 0 atom stereocenters. The summed E-state index contributed by atoms with van der Waals surface area (Å²) in [5.41, 5.74) is 4.22. The predicted octanol–water partition coefficient (Wildman–Crippen LogP) is 4.45. The molecule has 0 radical (unpaired) electrons. The third kappa shape index (κ3) is 1.94. The quantitative estimate of drug-likeness (QED) is 0.549. The number of rotatable bonds is 2. The number of hydrogen-bond acceptors (Lipinski definition) is 2. The van der Waals surface area contributed by atoms with Crippen molar-refractivity contribution in [3.63, 3.8) is 0 Å². The third-order valence-corrected chi connectivity index (χ3v) is 3.74. The molecule has 0 saturated carbocycles. The first kappa shape index (κ1) is 12.0. The molecule has 0 fully saturated rings. The van der Waals surface area contributed by atoms with Crippen LogP contribution < -0.4 is 0 Å². The van der Waals surface area contributed by atoms with Crippen LogP contribution in [-0.2, 0) is 0 Å². The molecule has 0 aliphatic rings. The highest BCUT2D eigenvalue weighted by Gasteiger charge is 2.13. The van der Waals surface area contributed by atoms with Crippen molar-refractivity contribution < 1.29 is 9.21 Å². The molecule has 0 bridgehead atoms. The molecule has 0 aliphatic heterocycles. The summed E-state index contributed by atoms with van der Waals surface area (Å²) in [4.78, 5) is 15.8. The minimum Gasteiger partial charge on any atom is -0.464 e. The lowest BCUT2D eigenvalue weighted by atomic mass is 10.1. The van der Waals surface area contributed by atoms with Gasteiger partial charge in [0.15, 0.2) is 0 Å². The van der Waals surface area contributed by atoms with Crippen molar-refractivity contribution in [2.45, 2.75) is 6.92 Å². The van der Waals surface area contributed by atoms with Gasteiger partial charge in [-0.1, -0.05) is 11.6 Å². The first-order chi connectivity index (χ1) is 10.2. The van der Waals surface area contributed by atoms with Crippen LogP contribution in [-0.4, -0.2) is 10.8 Å². The Kier molecular flexibility index (Phi) is 2.48. The lowest BCUT2D eigenvalue weighted by Crippen LogP contribution is -2.00. The molecule has 4 aromatic rings. The van der Waals surface area contributed by atoms with Gasteiger partial charge in [0.05, 0.1) is 12.0 Å². The van der Waals surface area contributed by atoms with Crippen molar-refractivity contribution in [1.29, 1.82) is 0 Å². The molecule has 3 nitrogen and oxygen atoms in total. The molecule has 0 amide bonds. The maximum Gasteiger partial charge on any atom is 0.209 e. The molecular weight excluding hydrogens is 262 g/mol. The van der Waals surface area contributed by atoms with Gasteiger partial charge in [0, 0.05) is 21.9 Å². The number of hydrogen-bond donors (Lipinski definition) is 1. The van der Waals surface area contributed by atoms with Crippen LogP contribution in [0.25, 0.3) is 21.9 Å². The van der Waals surface area contributed by atoms with Crippen LogP contribution >= 0.6 is 0 Å². The Balaban J connectivity index is 1.81. The Morgan fingerprint density at radius 3 is 2.81 bits per heavy atom. The van der Waals surface area contributed by atoms with E-state index in [0.29, 0.717) is 11.3 Å². The van der Waals surface area contributed by atoms with E-state index in [1.54, 1.807) is 12.3 Å². The minimum atomic E-state index is -0.00745. The van der Waals surface area contributed by atoms with E-state index in [4.69, 9.17) is 4.42 Å². The number of aromatic amines is 1. The smallest absolute Gasteiger partial charge is 0.209 e. The summed E-state index contributed by atoms with van der Waals surface area (Å²) in [5, 5.41) is 2.00. The molecule has 0 spiro atoms. The van der Waals surface area contributed by atoms with E-state index in [9.17, 15) is 4.79 Å². The zero-order valence-electron chi connectivity index (χ0n) is 11.5. The highest BCUT2D eigenvalue weighted by Crippen LogP contribution is 2.22. The van der Waals surface area contributed by atoms with E-state index < -0.39 is 0 Å². The molecule has 0 unspecified atom stereocenters. The molecule has 21 heavy (non-hydrogen) atoms. The van der Waals surface area contributed by atoms with Crippen LogP contribution in [0.5, 0.6) is 0 Å². The van der Waals surface area contributed by atoms with Crippen molar-refractivity contribution in [2.24, 2.45) is 0 Å². The molecule has 0 aliphatic carbocycles. The topological polar surface area (TPSA) is 46.0 Å². The number of ketones is 1. The fourth-order valence-corrected chi connectivity index (χ4v) is 2.64. The van der Waals surface area contributed by atoms with Gasteiger partial charge < -0.3 is 9.40 Å². The first-order valence-corrected chi connectivity index (χ1v) is 6.82. The van der Waals surface area contributed by atoms with Crippen LogP contribution in [0, 0.1) is 6.92 Å². The zero-order chi connectivity index (χ0) is 14.4. The van der Waals surface area contributed by atoms with Crippen LogP contribution in [0.1, 0.15) is 21.6 Å². The Bertz CT molecular complexity index is 975. The summed E-state index contributed by atoms with van der Waals surface area (Å²) >= 11 is 0. The summed E-state index contributed by atoms with van der Waals surface area (Å²) in [6.45, 7) is 2.04. The van der Waals surface area contributed by atoms with Gasteiger partial charge in [0.2, 0.25) is 5.78 Å². The number of furan rings is 1. The van der Waals surface area contributed by atoms with Gasteiger partial charge in [-0.15, -0.1) is 0 Å². The number of H-pyrrole nitrogens is 1. The van der Waals surface area contributed by atoms with Crippen molar-refractivity contribution in [3.05, 3.63) is 71.6 Å². The van der Waals surface area contributed by atoms with E-state index in [1.807, 2.05) is 43.3 Å². The average molecular weight is 275 g/mol. The second-order valence-electron chi connectivity index (χ2n) is 5.28. The minimum absolute atomic E-state index is 0.00745. The van der Waals surface area contributed by atoms with Crippen molar-refractivity contribution >= 4 is 27.7 Å². The van der Waals surface area contributed by atoms with E-state index in [-0.39, 0.29) is 5.78 Å². The fourth-order valence-electron chi connectivity index (χ4n) is 2.64. The molecular formula is C18H13NO2. The molecule has 2 aromatic heterocycles. The summed E-state index contributed by atoms with van der Waals surface area (Å²) < 4.78 is 5.30. The van der Waals surface area contributed by atoms with Crippen LogP contribution in [0.2, 0.25) is 0 Å². The van der Waals surface area contributed by atoms with E-state index >= 15 is 0 Å². The first-order valence-electron chi connectivity index (χ1n) is 6.82. The highest BCUT2D eigenvalue weighted by atomic mass is 16.3. The third-order valence-electron chi connectivity index (χ3n) is 3.74. The maximum absolute atomic E-state index is 12.6. The molecule has 102 valence electrons. The van der Waals surface area contributed by atoms with E-state index in [2.05, 4.69) is 11.1 Å². The van der Waals surface area contributed by atoms with Gasteiger partial charge in [0.25, 0.3) is 0 Å². The summed E-state index contributed by atoms with van der Waals surface area (Å²) in [6.07, 6.45) is 1.63. The van der Waals surface area contributed by atoms with Gasteiger partial charge in [-0.3, -0.25) is 4.79 Å². The van der Waals surface area contributed by atoms with Gasteiger partial charge in [0.1, 0.15) is 5.58 Å². The van der Waals surface area contributed by atoms with Crippen molar-refractivity contribution in [3.8, 4) is 0 Å². The Morgan fingerprint density at radius 2 is 1.90 bits per heavy atom. The highest BCUT2D eigenvalue weighted by molar-refractivity contribution is 6.11. The summed E-state index contributed by atoms with van der Waals surface area (Å²) in [5.74, 6) is -0.00745. The van der Waals surface area contributed by atoms with Crippen LogP contribution in [0.3, 0.4) is 0 Å². The number of carbonyl (C=O) groups excluding carboxylic acids is 1. The maximum atomic E-state index is 12.6. The summed E-state index contributed by atoms with van der Waals surface area (Å²) in [6, 6.07) is 15.4. The fraction of sp³-hybridized carbons (Fsp3) is 0.0556. The number of nitrogens with one attached hydrogen (secondary N) is 1. The number of aromatic nitrogens is 1. The summed E-state index contributed by atoms with van der Waals surface area (Å²) in [7, 11) is 0. The van der Waals surface area contributed by atoms with Crippen molar-refractivity contribution in [2.75, 3.05) is 0 Å². The van der Waals surface area contributed by atoms with Gasteiger partial charge in [-0.05, 0) is 49.4 Å². The standard InChI is InChI=1S/C18H13NO2/c1-11-2-4-15-14(8-11)10-16(19-15)18(20)13-3-5-17-12(9-13)6-7-21-17/h2-10,19H,1H3. The Morgan fingerprint density at radius 1 is 1.00 bits per heavy atom. The molecule has 0 saturated heterocycles. The largest absolute Gasteiger partial charge is 0.464 e. The average Bonchev–Trinajstić information content (AvgIpc) is 3.11. The second kappa shape index (κ2) is 4.35. The molecule has 2 aromatic carbocycles. The predicted molar refractivity (Wildman–Crippen MR) is 82.7 cm³/mol. The second-order valence-corrected chi connectivity index (χ2v) is 5.28. The number of aryl methyl sites for hydroxylation is 1. The number of fused-ring (bicyclic) bond motifs is 2. The number of benzene rings is 2. The molecule has 3 heteroatoms. The lowest BCUT2D eigenvalue weighted by Gasteiger charge is -1.98. The van der Waals surface area contributed by atoms with Gasteiger partial charge >= 0.3 is 0 Å². The number of carbonyl (C=O) groups is 1. The van der Waals surface area contributed by atoms with Gasteiger partial charge in [-0.2, -0.15) is 0 Å². The van der Waals surface area contributed by atoms with Crippen LogP contribution in [0.15, 0.2) is 59.2 Å². The normalized spacial score (nSPS) is 11.3. The molecule has 4 rings (SSSR count). The van der Waals surface area contributed by atoms with E-state index in [0.717, 1.165) is 21.9 Å². The zero-order valence-corrected chi connectivity index (χ0v) is 11.5. The molecule has 2 heterocycles. The van der Waals surface area contributed by atoms with Crippen LogP contribution in [0.4, 0.5) is 0 Å². The lowest BCUT2D eigenvalue weighted by molar-refractivity contribution is 0.103. The monoisotopic (exact) mass is 275 g/mol. The van der Waals surface area contributed by atoms with Gasteiger partial charge in [-0.25, -0.2) is 0 Å². The molecule has 1 N–H and O–H groups in total.